The van der Waals surface area contributed by atoms with Gasteiger partial charge in [0, 0.05) is 18.0 Å². The van der Waals surface area contributed by atoms with Crippen molar-refractivity contribution in [2.24, 2.45) is 23.7 Å². The second-order valence-corrected chi connectivity index (χ2v) is 12.6. The monoisotopic (exact) mass is 619 g/mol. The number of aryl methyl sites for hydroxylation is 1. The minimum Gasteiger partial charge on any atom is -0.504 e. The molecule has 3 aromatic rings. The zero-order chi connectivity index (χ0) is 32.3. The molecule has 46 heavy (non-hydrogen) atoms. The lowest BCUT2D eigenvalue weighted by molar-refractivity contribution is -0.141. The number of aromatic hydroxyl groups is 1. The molecule has 0 radical (unpaired) electrons. The van der Waals surface area contributed by atoms with E-state index in [-0.39, 0.29) is 36.3 Å². The van der Waals surface area contributed by atoms with Crippen molar-refractivity contribution < 1.29 is 29.0 Å². The van der Waals surface area contributed by atoms with E-state index >= 15 is 4.79 Å². The number of para-hydroxylation sites is 1. The number of hydrazine groups is 1. The number of carbonyl (C=O) groups excluding carboxylic acids is 4. The predicted octanol–water partition coefficient (Wildman–Crippen LogP) is 5.10. The summed E-state index contributed by atoms with van der Waals surface area (Å²) in [6.07, 6.45) is 2.53. The Morgan fingerprint density at radius 3 is 2.33 bits per heavy atom. The second kappa shape index (κ2) is 11.2. The number of nitrogens with zero attached hydrogens (tertiary/aromatic N) is 2. The highest BCUT2D eigenvalue weighted by Crippen LogP contribution is 2.65. The number of phenolic OH excluding ortho intramolecular Hbond substituents is 1. The van der Waals surface area contributed by atoms with E-state index in [2.05, 4.69) is 5.43 Å². The number of rotatable bonds is 7. The maximum absolute atomic E-state index is 15.1. The van der Waals surface area contributed by atoms with Gasteiger partial charge in [0.05, 0.1) is 35.5 Å². The Morgan fingerprint density at radius 1 is 0.891 bits per heavy atom. The normalized spacial score (nSPS) is 28.5. The number of imide groups is 2. The standard InChI is InChI=1S/C37H37N3O6/c1-4-39-33(42)25-19-18-24-27(30(25)35(39)44)20-28-34(43)40(38-23-16-14-21(3)15-17-23)36(45)37(28,22-10-7-6-8-11-22)31(24)26-12-9-13-29(32(26)41)46-5-2/h6-18,25,27-28,30-31,38,41H,4-5,19-20H2,1-3H3. The highest BCUT2D eigenvalue weighted by molar-refractivity contribution is 6.13. The third-order valence-corrected chi connectivity index (χ3v) is 10.4. The van der Waals surface area contributed by atoms with E-state index in [0.717, 1.165) is 16.1 Å². The van der Waals surface area contributed by atoms with Gasteiger partial charge in [0.2, 0.25) is 11.8 Å². The molecule has 2 aliphatic carbocycles. The van der Waals surface area contributed by atoms with Crippen LogP contribution in [0.1, 0.15) is 49.3 Å². The van der Waals surface area contributed by atoms with Crippen LogP contribution in [-0.4, -0.2) is 51.8 Å². The van der Waals surface area contributed by atoms with Gasteiger partial charge >= 0.3 is 0 Å². The molecule has 2 aliphatic heterocycles. The highest BCUT2D eigenvalue weighted by atomic mass is 16.5. The van der Waals surface area contributed by atoms with Gasteiger partial charge in [-0.2, -0.15) is 5.01 Å². The van der Waals surface area contributed by atoms with E-state index < -0.39 is 46.8 Å². The number of anilines is 1. The molecule has 0 bridgehead atoms. The van der Waals surface area contributed by atoms with Gasteiger partial charge in [-0.05, 0) is 63.3 Å². The molecule has 2 heterocycles. The molecule has 4 aliphatic rings. The summed E-state index contributed by atoms with van der Waals surface area (Å²) < 4.78 is 5.79. The Bertz CT molecular complexity index is 1770. The SMILES string of the molecule is CCOc1cccc(C2C3=CCC4C(=O)N(CC)C(=O)C4C3CC3C(=O)N(Nc4ccc(C)cc4)C(=O)C32c2ccccc2)c1O. The Kier molecular flexibility index (Phi) is 7.22. The van der Waals surface area contributed by atoms with E-state index in [4.69, 9.17) is 4.74 Å². The zero-order valence-electron chi connectivity index (χ0n) is 26.1. The smallest absolute Gasteiger partial charge is 0.260 e. The van der Waals surface area contributed by atoms with Gasteiger partial charge in [-0.25, -0.2) is 0 Å². The Labute approximate surface area is 267 Å². The van der Waals surface area contributed by atoms with Crippen LogP contribution in [0.2, 0.25) is 0 Å². The Balaban J connectivity index is 1.48. The molecule has 2 N–H and O–H groups in total. The van der Waals surface area contributed by atoms with Crippen LogP contribution in [0, 0.1) is 30.6 Å². The summed E-state index contributed by atoms with van der Waals surface area (Å²) in [5.74, 6) is -4.49. The second-order valence-electron chi connectivity index (χ2n) is 12.6. The van der Waals surface area contributed by atoms with Crippen molar-refractivity contribution in [2.75, 3.05) is 18.6 Å². The van der Waals surface area contributed by atoms with Gasteiger partial charge in [-0.3, -0.25) is 29.5 Å². The number of amides is 4. The minimum atomic E-state index is -1.45. The van der Waals surface area contributed by atoms with E-state index in [9.17, 15) is 19.5 Å². The predicted molar refractivity (Wildman–Crippen MR) is 170 cm³/mol. The molecule has 0 spiro atoms. The molecule has 1 saturated carbocycles. The summed E-state index contributed by atoms with van der Waals surface area (Å²) in [5.41, 5.74) is 5.13. The van der Waals surface area contributed by atoms with Crippen LogP contribution in [0.5, 0.6) is 11.5 Å². The fourth-order valence-electron chi connectivity index (χ4n) is 8.51. The number of likely N-dealkylation sites (tertiary alicyclic amines) is 1. The maximum atomic E-state index is 15.1. The number of phenols is 1. The minimum absolute atomic E-state index is 0.110. The van der Waals surface area contributed by atoms with Crippen LogP contribution in [0.25, 0.3) is 0 Å². The van der Waals surface area contributed by atoms with Crippen molar-refractivity contribution >= 4 is 29.3 Å². The molecule has 0 aromatic heterocycles. The van der Waals surface area contributed by atoms with Crippen LogP contribution >= 0.6 is 0 Å². The average molecular weight is 620 g/mol. The zero-order valence-corrected chi connectivity index (χ0v) is 26.1. The molecule has 4 amide bonds. The van der Waals surface area contributed by atoms with Gasteiger partial charge in [0.25, 0.3) is 11.8 Å². The molecule has 6 atom stereocenters. The summed E-state index contributed by atoms with van der Waals surface area (Å²) in [5, 5.41) is 12.9. The van der Waals surface area contributed by atoms with E-state index in [1.165, 1.54) is 4.90 Å². The first kappa shape index (κ1) is 29.8. The van der Waals surface area contributed by atoms with Crippen LogP contribution in [0.4, 0.5) is 5.69 Å². The number of benzene rings is 3. The van der Waals surface area contributed by atoms with Crippen LogP contribution in [0.15, 0.2) is 84.4 Å². The molecule has 9 nitrogen and oxygen atoms in total. The number of allylic oxidation sites excluding steroid dienone is 2. The van der Waals surface area contributed by atoms with Crippen LogP contribution in [-0.2, 0) is 24.6 Å². The molecular formula is C37H37N3O6. The molecule has 3 fully saturated rings. The lowest BCUT2D eigenvalue weighted by Gasteiger charge is -2.50. The third kappa shape index (κ3) is 4.13. The molecule has 6 unspecified atom stereocenters. The fraction of sp³-hybridized carbons (Fsp3) is 0.351. The summed E-state index contributed by atoms with van der Waals surface area (Å²) in [6, 6.07) is 21.9. The van der Waals surface area contributed by atoms with Crippen molar-refractivity contribution in [3.63, 3.8) is 0 Å². The number of carbonyl (C=O) groups is 4. The quantitative estimate of drug-likeness (QED) is 0.279. The topological polar surface area (TPSA) is 116 Å². The maximum Gasteiger partial charge on any atom is 0.260 e. The lowest BCUT2D eigenvalue weighted by atomic mass is 9.49. The van der Waals surface area contributed by atoms with E-state index in [1.54, 1.807) is 25.1 Å². The largest absolute Gasteiger partial charge is 0.504 e. The van der Waals surface area contributed by atoms with Gasteiger partial charge in [-0.1, -0.05) is 71.8 Å². The first-order valence-electron chi connectivity index (χ1n) is 16.0. The van der Waals surface area contributed by atoms with Crippen molar-refractivity contribution in [3.8, 4) is 11.5 Å². The number of fused-ring (bicyclic) bond motifs is 4. The average Bonchev–Trinajstić information content (AvgIpc) is 3.44. The molecule has 236 valence electrons. The van der Waals surface area contributed by atoms with Crippen LogP contribution in [0.3, 0.4) is 0 Å². The first-order chi connectivity index (χ1) is 22.2. The van der Waals surface area contributed by atoms with Gasteiger partial charge in [0.1, 0.15) is 0 Å². The van der Waals surface area contributed by atoms with Crippen molar-refractivity contribution in [1.82, 2.24) is 9.91 Å². The molecular weight excluding hydrogens is 582 g/mol. The summed E-state index contributed by atoms with van der Waals surface area (Å²) in [7, 11) is 0. The Morgan fingerprint density at radius 2 is 1.63 bits per heavy atom. The summed E-state index contributed by atoms with van der Waals surface area (Å²) in [4.78, 5) is 58.3. The van der Waals surface area contributed by atoms with E-state index in [1.807, 2.05) is 74.5 Å². The van der Waals surface area contributed by atoms with Crippen molar-refractivity contribution in [3.05, 3.63) is 101 Å². The number of ether oxygens (including phenoxy) is 1. The fourth-order valence-corrected chi connectivity index (χ4v) is 8.51. The number of hydrogen-bond donors (Lipinski definition) is 2. The van der Waals surface area contributed by atoms with Gasteiger partial charge < -0.3 is 9.84 Å². The molecule has 3 aromatic carbocycles. The van der Waals surface area contributed by atoms with Crippen LogP contribution < -0.4 is 10.2 Å². The first-order valence-corrected chi connectivity index (χ1v) is 16.0. The highest BCUT2D eigenvalue weighted by Gasteiger charge is 2.70. The molecule has 7 rings (SSSR count). The number of nitrogens with one attached hydrogen (secondary N) is 1. The summed E-state index contributed by atoms with van der Waals surface area (Å²) >= 11 is 0. The molecule has 2 saturated heterocycles. The summed E-state index contributed by atoms with van der Waals surface area (Å²) in [6.45, 7) is 6.16. The van der Waals surface area contributed by atoms with Crippen molar-refractivity contribution in [1.29, 1.82) is 0 Å². The van der Waals surface area contributed by atoms with E-state index in [0.29, 0.717) is 29.8 Å². The molecule has 9 heteroatoms. The number of hydrogen-bond acceptors (Lipinski definition) is 7. The van der Waals surface area contributed by atoms with Gasteiger partial charge in [0.15, 0.2) is 11.5 Å². The van der Waals surface area contributed by atoms with Crippen molar-refractivity contribution in [2.45, 2.75) is 44.9 Å². The lowest BCUT2D eigenvalue weighted by Crippen LogP contribution is -2.53. The van der Waals surface area contributed by atoms with Gasteiger partial charge in [-0.15, -0.1) is 0 Å². The Hall–Kier alpha value is -4.92. The third-order valence-electron chi connectivity index (χ3n) is 10.4.